The zero-order valence-electron chi connectivity index (χ0n) is 14.9. The molecular weight excluding hydrogens is 332 g/mol. The van der Waals surface area contributed by atoms with Crippen molar-refractivity contribution in [3.63, 3.8) is 0 Å². The number of aryl methyl sites for hydroxylation is 1. The van der Waals surface area contributed by atoms with E-state index in [4.69, 9.17) is 5.73 Å². The van der Waals surface area contributed by atoms with Crippen molar-refractivity contribution in [2.24, 2.45) is 5.73 Å². The van der Waals surface area contributed by atoms with Crippen molar-refractivity contribution >= 4 is 18.3 Å². The number of hydrogen-bond acceptors (Lipinski definition) is 2. The average molecular weight is 359 g/mol. The van der Waals surface area contributed by atoms with E-state index in [2.05, 4.69) is 38.1 Å². The number of hydrogen-bond donors (Lipinski definition) is 1. The Morgan fingerprint density at radius 2 is 1.80 bits per heavy atom. The molecule has 2 N–H and O–H groups in total. The summed E-state index contributed by atoms with van der Waals surface area (Å²) in [6.45, 7) is 5.05. The summed E-state index contributed by atoms with van der Waals surface area (Å²) < 4.78 is 0. The molecule has 3 nitrogen and oxygen atoms in total. The van der Waals surface area contributed by atoms with Gasteiger partial charge in [0.05, 0.1) is 6.04 Å². The molecule has 1 amide bonds. The molecule has 0 aliphatic carbocycles. The first-order chi connectivity index (χ1) is 11.6. The van der Waals surface area contributed by atoms with Gasteiger partial charge in [-0.25, -0.2) is 0 Å². The Balaban J connectivity index is 0.00000225. The van der Waals surface area contributed by atoms with Crippen LogP contribution >= 0.6 is 12.4 Å². The normalized spacial score (nSPS) is 20.8. The first kappa shape index (κ1) is 19.5. The number of rotatable bonds is 4. The minimum absolute atomic E-state index is 0. The highest BCUT2D eigenvalue weighted by atomic mass is 35.5. The van der Waals surface area contributed by atoms with Crippen LogP contribution in [-0.2, 0) is 11.2 Å². The Hall–Kier alpha value is -1.84. The van der Waals surface area contributed by atoms with Crippen molar-refractivity contribution in [3.8, 4) is 0 Å². The van der Waals surface area contributed by atoms with Gasteiger partial charge in [-0.1, -0.05) is 54.6 Å². The monoisotopic (exact) mass is 358 g/mol. The lowest BCUT2D eigenvalue weighted by molar-refractivity contribution is -0.133. The van der Waals surface area contributed by atoms with Crippen LogP contribution in [0, 0.1) is 6.92 Å². The molecule has 134 valence electrons. The number of likely N-dealkylation sites (tertiary alicyclic amines) is 1. The lowest BCUT2D eigenvalue weighted by Crippen LogP contribution is -2.46. The Morgan fingerprint density at radius 1 is 1.16 bits per heavy atom. The Bertz CT molecular complexity index is 704. The quantitative estimate of drug-likeness (QED) is 0.905. The van der Waals surface area contributed by atoms with Crippen LogP contribution in [0.3, 0.4) is 0 Å². The third kappa shape index (κ3) is 4.42. The SMILES string of the molecule is Cc1ccccc1C1CC(C)N(C(=O)[C@@H](N)Cc2ccccc2)C1.Cl. The van der Waals surface area contributed by atoms with Gasteiger partial charge in [0.2, 0.25) is 5.91 Å². The molecular formula is C21H27ClN2O. The van der Waals surface area contributed by atoms with E-state index in [9.17, 15) is 4.79 Å². The molecule has 0 bridgehead atoms. The Labute approximate surface area is 156 Å². The van der Waals surface area contributed by atoms with Gasteiger partial charge >= 0.3 is 0 Å². The molecule has 1 aliphatic rings. The highest BCUT2D eigenvalue weighted by Gasteiger charge is 2.35. The summed E-state index contributed by atoms with van der Waals surface area (Å²) in [6, 6.07) is 18.2. The molecule has 0 saturated carbocycles. The van der Waals surface area contributed by atoms with Crippen molar-refractivity contribution in [3.05, 3.63) is 71.3 Å². The molecule has 2 aromatic carbocycles. The highest BCUT2D eigenvalue weighted by molar-refractivity contribution is 5.85. The van der Waals surface area contributed by atoms with Gasteiger partial charge in [-0.2, -0.15) is 0 Å². The molecule has 3 rings (SSSR count). The molecule has 3 atom stereocenters. The summed E-state index contributed by atoms with van der Waals surface area (Å²) in [5.41, 5.74) is 9.99. The number of carbonyl (C=O) groups is 1. The second-order valence-electron chi connectivity index (χ2n) is 6.93. The lowest BCUT2D eigenvalue weighted by atomic mass is 9.93. The van der Waals surface area contributed by atoms with Crippen LogP contribution in [0.4, 0.5) is 0 Å². The van der Waals surface area contributed by atoms with Gasteiger partial charge in [0.15, 0.2) is 0 Å². The van der Waals surface area contributed by atoms with Crippen molar-refractivity contribution in [2.45, 2.75) is 44.7 Å². The van der Waals surface area contributed by atoms with E-state index in [-0.39, 0.29) is 24.4 Å². The summed E-state index contributed by atoms with van der Waals surface area (Å²) in [4.78, 5) is 14.8. The first-order valence-corrected chi connectivity index (χ1v) is 8.71. The predicted molar refractivity (Wildman–Crippen MR) is 105 cm³/mol. The van der Waals surface area contributed by atoms with E-state index in [0.29, 0.717) is 12.3 Å². The third-order valence-electron chi connectivity index (χ3n) is 5.10. The second-order valence-corrected chi connectivity index (χ2v) is 6.93. The topological polar surface area (TPSA) is 46.3 Å². The van der Waals surface area contributed by atoms with Gasteiger partial charge in [0.25, 0.3) is 0 Å². The van der Waals surface area contributed by atoms with E-state index in [1.807, 2.05) is 35.2 Å². The van der Waals surface area contributed by atoms with Gasteiger partial charge in [0.1, 0.15) is 0 Å². The number of halogens is 1. The summed E-state index contributed by atoms with van der Waals surface area (Å²) in [6.07, 6.45) is 1.60. The highest BCUT2D eigenvalue weighted by Crippen LogP contribution is 2.33. The lowest BCUT2D eigenvalue weighted by Gasteiger charge is -2.25. The summed E-state index contributed by atoms with van der Waals surface area (Å²) >= 11 is 0. The fourth-order valence-electron chi connectivity index (χ4n) is 3.78. The van der Waals surface area contributed by atoms with E-state index in [0.717, 1.165) is 18.5 Å². The number of carbonyl (C=O) groups excluding carboxylic acids is 1. The molecule has 2 aromatic rings. The molecule has 0 radical (unpaired) electrons. The van der Waals surface area contributed by atoms with E-state index in [1.54, 1.807) is 0 Å². The van der Waals surface area contributed by atoms with Crippen LogP contribution in [0.5, 0.6) is 0 Å². The number of nitrogens with zero attached hydrogens (tertiary/aromatic N) is 1. The molecule has 2 unspecified atom stereocenters. The molecule has 1 fully saturated rings. The number of amides is 1. The van der Waals surface area contributed by atoms with Gasteiger partial charge in [-0.15, -0.1) is 12.4 Å². The summed E-state index contributed by atoms with van der Waals surface area (Å²) in [5.74, 6) is 0.483. The Kier molecular flexibility index (Phi) is 6.63. The van der Waals surface area contributed by atoms with Gasteiger partial charge in [-0.3, -0.25) is 4.79 Å². The molecule has 1 saturated heterocycles. The number of benzene rings is 2. The maximum absolute atomic E-state index is 12.8. The van der Waals surface area contributed by atoms with Crippen LogP contribution in [0.1, 0.15) is 36.0 Å². The molecule has 1 aliphatic heterocycles. The molecule has 0 aromatic heterocycles. The number of nitrogens with two attached hydrogens (primary N) is 1. The van der Waals surface area contributed by atoms with Crippen molar-refractivity contribution in [1.82, 2.24) is 4.90 Å². The van der Waals surface area contributed by atoms with E-state index >= 15 is 0 Å². The standard InChI is InChI=1S/C21H26N2O.ClH/c1-15-8-6-7-11-19(15)18-12-16(2)23(14-18)21(24)20(22)13-17-9-4-3-5-10-17;/h3-11,16,18,20H,12-14,22H2,1-2H3;1H/t16?,18?,20-;/m0./s1. The van der Waals surface area contributed by atoms with Gasteiger partial charge < -0.3 is 10.6 Å². The van der Waals surface area contributed by atoms with Crippen molar-refractivity contribution < 1.29 is 4.79 Å². The van der Waals surface area contributed by atoms with Gasteiger partial charge in [-0.05, 0) is 43.4 Å². The van der Waals surface area contributed by atoms with Crippen molar-refractivity contribution in [1.29, 1.82) is 0 Å². The predicted octanol–water partition coefficient (Wildman–Crippen LogP) is 3.69. The van der Waals surface area contributed by atoms with E-state index < -0.39 is 6.04 Å². The van der Waals surface area contributed by atoms with Crippen LogP contribution in [0.2, 0.25) is 0 Å². The fraction of sp³-hybridized carbons (Fsp3) is 0.381. The average Bonchev–Trinajstić information content (AvgIpc) is 2.97. The van der Waals surface area contributed by atoms with Gasteiger partial charge in [0, 0.05) is 18.5 Å². The minimum Gasteiger partial charge on any atom is -0.338 e. The second kappa shape index (κ2) is 8.50. The largest absolute Gasteiger partial charge is 0.338 e. The minimum atomic E-state index is -0.467. The van der Waals surface area contributed by atoms with Crippen LogP contribution < -0.4 is 5.73 Å². The first-order valence-electron chi connectivity index (χ1n) is 8.71. The maximum Gasteiger partial charge on any atom is 0.240 e. The summed E-state index contributed by atoms with van der Waals surface area (Å²) in [7, 11) is 0. The summed E-state index contributed by atoms with van der Waals surface area (Å²) in [5, 5.41) is 0. The molecule has 1 heterocycles. The van der Waals surface area contributed by atoms with Crippen LogP contribution in [-0.4, -0.2) is 29.4 Å². The van der Waals surface area contributed by atoms with E-state index in [1.165, 1.54) is 11.1 Å². The fourth-order valence-corrected chi connectivity index (χ4v) is 3.78. The molecule has 25 heavy (non-hydrogen) atoms. The van der Waals surface area contributed by atoms with Crippen LogP contribution in [0.25, 0.3) is 0 Å². The smallest absolute Gasteiger partial charge is 0.240 e. The third-order valence-corrected chi connectivity index (χ3v) is 5.10. The van der Waals surface area contributed by atoms with Crippen molar-refractivity contribution in [2.75, 3.05) is 6.54 Å². The zero-order chi connectivity index (χ0) is 17.1. The Morgan fingerprint density at radius 3 is 2.48 bits per heavy atom. The maximum atomic E-state index is 12.8. The zero-order valence-corrected chi connectivity index (χ0v) is 15.7. The molecule has 4 heteroatoms. The van der Waals surface area contributed by atoms with Crippen LogP contribution in [0.15, 0.2) is 54.6 Å². The molecule has 0 spiro atoms.